The molecule has 2 aromatic heterocycles. The summed E-state index contributed by atoms with van der Waals surface area (Å²) in [5, 5.41) is 13.9. The summed E-state index contributed by atoms with van der Waals surface area (Å²) < 4.78 is 15.8. The molecule has 2 heterocycles. The number of carbonyl (C=O) groups is 1. The van der Waals surface area contributed by atoms with E-state index in [4.69, 9.17) is 13.9 Å². The van der Waals surface area contributed by atoms with Crippen LogP contribution in [0.25, 0.3) is 11.0 Å². The van der Waals surface area contributed by atoms with Crippen LogP contribution in [0.5, 0.6) is 17.2 Å². The first-order valence-corrected chi connectivity index (χ1v) is 7.39. The molecule has 25 heavy (non-hydrogen) atoms. The SMILES string of the molecule is COc1c(C(=O)/C=C/Nc2ccncc2)c(O)c(OC)c2occc12. The number of phenols is 1. The average Bonchev–Trinajstić information content (AvgIpc) is 3.10. The molecule has 128 valence electrons. The number of pyridine rings is 1. The molecule has 1 aromatic carbocycles. The second-order valence-electron chi connectivity index (χ2n) is 5.03. The lowest BCUT2D eigenvalue weighted by Crippen LogP contribution is -2.03. The van der Waals surface area contributed by atoms with Crippen molar-refractivity contribution in [3.05, 3.63) is 54.7 Å². The van der Waals surface area contributed by atoms with E-state index in [1.54, 1.807) is 30.6 Å². The Morgan fingerprint density at radius 2 is 1.92 bits per heavy atom. The predicted octanol–water partition coefficient (Wildman–Crippen LogP) is 3.36. The number of hydrogen-bond donors (Lipinski definition) is 2. The maximum Gasteiger partial charge on any atom is 0.205 e. The highest BCUT2D eigenvalue weighted by molar-refractivity contribution is 6.13. The van der Waals surface area contributed by atoms with Crippen LogP contribution in [-0.2, 0) is 0 Å². The smallest absolute Gasteiger partial charge is 0.205 e. The lowest BCUT2D eigenvalue weighted by molar-refractivity contribution is 0.104. The molecular weight excluding hydrogens is 324 g/mol. The molecule has 7 nitrogen and oxygen atoms in total. The highest BCUT2D eigenvalue weighted by Gasteiger charge is 2.26. The van der Waals surface area contributed by atoms with Crippen LogP contribution in [0.1, 0.15) is 10.4 Å². The maximum atomic E-state index is 12.6. The Morgan fingerprint density at radius 1 is 1.20 bits per heavy atom. The number of benzene rings is 1. The summed E-state index contributed by atoms with van der Waals surface area (Å²) in [7, 11) is 2.81. The number of ether oxygens (including phenoxy) is 2. The van der Waals surface area contributed by atoms with Crippen molar-refractivity contribution in [2.24, 2.45) is 0 Å². The van der Waals surface area contributed by atoms with E-state index < -0.39 is 5.78 Å². The zero-order chi connectivity index (χ0) is 17.8. The fourth-order valence-electron chi connectivity index (χ4n) is 2.50. The molecule has 0 fully saturated rings. The average molecular weight is 340 g/mol. The number of ketones is 1. The molecule has 3 rings (SSSR count). The zero-order valence-corrected chi connectivity index (χ0v) is 13.6. The van der Waals surface area contributed by atoms with Gasteiger partial charge in [-0.15, -0.1) is 0 Å². The lowest BCUT2D eigenvalue weighted by atomic mass is 10.0. The number of fused-ring (bicyclic) bond motifs is 1. The van der Waals surface area contributed by atoms with E-state index in [9.17, 15) is 9.90 Å². The third kappa shape index (κ3) is 2.99. The van der Waals surface area contributed by atoms with Crippen molar-refractivity contribution in [2.75, 3.05) is 19.5 Å². The molecule has 0 aliphatic rings. The van der Waals surface area contributed by atoms with Gasteiger partial charge in [-0.3, -0.25) is 9.78 Å². The number of rotatable bonds is 6. The largest absolute Gasteiger partial charge is 0.504 e. The van der Waals surface area contributed by atoms with E-state index in [2.05, 4.69) is 10.3 Å². The minimum Gasteiger partial charge on any atom is -0.504 e. The number of aromatic hydroxyl groups is 1. The molecule has 0 amide bonds. The van der Waals surface area contributed by atoms with Crippen molar-refractivity contribution in [2.45, 2.75) is 0 Å². The third-order valence-corrected chi connectivity index (χ3v) is 3.61. The molecule has 0 unspecified atom stereocenters. The standard InChI is InChI=1S/C18H16N2O5/c1-23-16-12-6-10-25-17(12)18(24-2)15(22)14(16)13(21)5-9-20-11-3-7-19-8-4-11/h3-10,22H,1-2H3,(H,19,20)/b9-5+. The molecular formula is C18H16N2O5. The maximum absolute atomic E-state index is 12.6. The molecule has 0 atom stereocenters. The number of anilines is 1. The Bertz CT molecular complexity index is 932. The van der Waals surface area contributed by atoms with Gasteiger partial charge in [0.15, 0.2) is 17.1 Å². The number of nitrogens with one attached hydrogen (secondary N) is 1. The second-order valence-corrected chi connectivity index (χ2v) is 5.03. The molecule has 0 saturated carbocycles. The Balaban J connectivity index is 1.99. The second kappa shape index (κ2) is 6.96. The number of hydrogen-bond acceptors (Lipinski definition) is 7. The Kier molecular flexibility index (Phi) is 4.56. The minimum absolute atomic E-state index is 0.000952. The van der Waals surface area contributed by atoms with E-state index in [-0.39, 0.29) is 22.8 Å². The Hall–Kier alpha value is -3.48. The monoisotopic (exact) mass is 340 g/mol. The summed E-state index contributed by atoms with van der Waals surface area (Å²) in [6.07, 6.45) is 7.46. The summed E-state index contributed by atoms with van der Waals surface area (Å²) >= 11 is 0. The number of allylic oxidation sites excluding steroid dienone is 1. The summed E-state index contributed by atoms with van der Waals surface area (Å²) in [5.74, 6) is -0.474. The van der Waals surface area contributed by atoms with Crippen molar-refractivity contribution in [1.82, 2.24) is 4.98 Å². The number of carbonyl (C=O) groups excluding carboxylic acids is 1. The fourth-order valence-corrected chi connectivity index (χ4v) is 2.50. The van der Waals surface area contributed by atoms with Gasteiger partial charge >= 0.3 is 0 Å². The predicted molar refractivity (Wildman–Crippen MR) is 92.3 cm³/mol. The lowest BCUT2D eigenvalue weighted by Gasteiger charge is -2.13. The van der Waals surface area contributed by atoms with Crippen molar-refractivity contribution >= 4 is 22.4 Å². The number of nitrogens with zero attached hydrogens (tertiary/aromatic N) is 1. The van der Waals surface area contributed by atoms with Gasteiger partial charge in [0.05, 0.1) is 25.9 Å². The molecule has 3 aromatic rings. The van der Waals surface area contributed by atoms with E-state index in [1.807, 2.05) is 0 Å². The summed E-state index contributed by atoms with van der Waals surface area (Å²) in [4.78, 5) is 16.5. The molecule has 0 radical (unpaired) electrons. The van der Waals surface area contributed by atoms with Gasteiger partial charge < -0.3 is 24.3 Å². The van der Waals surface area contributed by atoms with Crippen LogP contribution < -0.4 is 14.8 Å². The molecule has 2 N–H and O–H groups in total. The molecule has 7 heteroatoms. The number of furan rings is 1. The third-order valence-electron chi connectivity index (χ3n) is 3.61. The topological polar surface area (TPSA) is 93.8 Å². The minimum atomic E-state index is -0.447. The first kappa shape index (κ1) is 16.4. The van der Waals surface area contributed by atoms with Crippen molar-refractivity contribution < 1.29 is 23.8 Å². The summed E-state index contributed by atoms with van der Waals surface area (Å²) in [5.41, 5.74) is 1.09. The molecule has 0 aliphatic carbocycles. The van der Waals surface area contributed by atoms with Crippen LogP contribution in [0, 0.1) is 0 Å². The van der Waals surface area contributed by atoms with Crippen LogP contribution in [0.3, 0.4) is 0 Å². The number of methoxy groups -OCH3 is 2. The first-order chi connectivity index (χ1) is 12.2. The first-order valence-electron chi connectivity index (χ1n) is 7.39. The van der Waals surface area contributed by atoms with Crippen LogP contribution in [0.2, 0.25) is 0 Å². The quantitative estimate of drug-likeness (QED) is 0.525. The summed E-state index contributed by atoms with van der Waals surface area (Å²) in [6.45, 7) is 0. The van der Waals surface area contributed by atoms with Crippen LogP contribution in [0.4, 0.5) is 5.69 Å². The number of phenolic OH excluding ortho intramolecular Hbond substituents is 1. The van der Waals surface area contributed by atoms with Crippen molar-refractivity contribution in [3.8, 4) is 17.2 Å². The molecule has 0 saturated heterocycles. The van der Waals surface area contributed by atoms with E-state index >= 15 is 0 Å². The fraction of sp³-hybridized carbons (Fsp3) is 0.111. The van der Waals surface area contributed by atoms with Crippen LogP contribution in [-0.4, -0.2) is 30.1 Å². The molecule has 0 spiro atoms. The van der Waals surface area contributed by atoms with Crippen LogP contribution in [0.15, 0.2) is 53.5 Å². The highest BCUT2D eigenvalue weighted by Crippen LogP contribution is 2.45. The van der Waals surface area contributed by atoms with Gasteiger partial charge in [0.1, 0.15) is 11.3 Å². The highest BCUT2D eigenvalue weighted by atomic mass is 16.5. The van der Waals surface area contributed by atoms with Gasteiger partial charge in [0, 0.05) is 30.4 Å². The van der Waals surface area contributed by atoms with Gasteiger partial charge in [-0.2, -0.15) is 0 Å². The van der Waals surface area contributed by atoms with E-state index in [0.29, 0.717) is 11.0 Å². The van der Waals surface area contributed by atoms with Gasteiger partial charge in [-0.05, 0) is 18.2 Å². The number of aromatic nitrogens is 1. The van der Waals surface area contributed by atoms with Crippen molar-refractivity contribution in [1.29, 1.82) is 0 Å². The Labute approximate surface area is 143 Å². The van der Waals surface area contributed by atoms with E-state index in [0.717, 1.165) is 5.69 Å². The summed E-state index contributed by atoms with van der Waals surface area (Å²) in [6, 6.07) is 5.16. The van der Waals surface area contributed by atoms with E-state index in [1.165, 1.54) is 32.8 Å². The molecule has 0 bridgehead atoms. The van der Waals surface area contributed by atoms with Crippen LogP contribution >= 0.6 is 0 Å². The Morgan fingerprint density at radius 3 is 2.60 bits per heavy atom. The van der Waals surface area contributed by atoms with Gasteiger partial charge in [0.25, 0.3) is 0 Å². The van der Waals surface area contributed by atoms with Crippen molar-refractivity contribution in [3.63, 3.8) is 0 Å². The van der Waals surface area contributed by atoms with Gasteiger partial charge in [-0.25, -0.2) is 0 Å². The molecule has 0 aliphatic heterocycles. The zero-order valence-electron chi connectivity index (χ0n) is 13.6. The normalized spacial score (nSPS) is 11.0. The van der Waals surface area contributed by atoms with Gasteiger partial charge in [0.2, 0.25) is 5.75 Å². The van der Waals surface area contributed by atoms with Gasteiger partial charge in [-0.1, -0.05) is 0 Å².